The van der Waals surface area contributed by atoms with Crippen LogP contribution in [0, 0.1) is 0 Å². The van der Waals surface area contributed by atoms with Gasteiger partial charge in [0.2, 0.25) is 11.7 Å². The van der Waals surface area contributed by atoms with Gasteiger partial charge in [0.05, 0.1) is 24.3 Å². The van der Waals surface area contributed by atoms with Gasteiger partial charge < -0.3 is 14.6 Å². The molecule has 0 fully saturated rings. The van der Waals surface area contributed by atoms with Gasteiger partial charge in [-0.1, -0.05) is 30.3 Å². The van der Waals surface area contributed by atoms with Gasteiger partial charge in [0.15, 0.2) is 0 Å². The van der Waals surface area contributed by atoms with Crippen molar-refractivity contribution in [3.05, 3.63) is 89.2 Å². The highest BCUT2D eigenvalue weighted by Gasteiger charge is 2.32. The molecule has 146 valence electrons. The Balaban J connectivity index is 1.50. The summed E-state index contributed by atoms with van der Waals surface area (Å²) in [6, 6.07) is 19.3. The second kappa shape index (κ2) is 7.75. The topological polar surface area (TPSA) is 77.4 Å². The van der Waals surface area contributed by atoms with Crippen molar-refractivity contribution in [2.45, 2.75) is 18.9 Å². The number of hydrogen-bond donors (Lipinski definition) is 1. The van der Waals surface area contributed by atoms with Crippen molar-refractivity contribution in [2.24, 2.45) is 0 Å². The maximum absolute atomic E-state index is 12.8. The predicted molar refractivity (Wildman–Crippen MR) is 108 cm³/mol. The first-order valence-electron chi connectivity index (χ1n) is 9.37. The van der Waals surface area contributed by atoms with Crippen molar-refractivity contribution in [2.75, 3.05) is 12.4 Å². The van der Waals surface area contributed by atoms with Gasteiger partial charge in [-0.25, -0.2) is 4.79 Å². The fourth-order valence-electron chi connectivity index (χ4n) is 3.68. The van der Waals surface area contributed by atoms with Crippen LogP contribution in [0.4, 0.5) is 5.69 Å². The number of fused-ring (bicyclic) bond motifs is 1. The molecule has 1 aliphatic heterocycles. The van der Waals surface area contributed by atoms with Gasteiger partial charge in [-0.3, -0.25) is 9.59 Å². The molecule has 2 heterocycles. The van der Waals surface area contributed by atoms with Gasteiger partial charge in [0, 0.05) is 23.5 Å². The van der Waals surface area contributed by atoms with Gasteiger partial charge in [0.1, 0.15) is 0 Å². The lowest BCUT2D eigenvalue weighted by Crippen LogP contribution is -2.19. The van der Waals surface area contributed by atoms with Gasteiger partial charge in [-0.15, -0.1) is 0 Å². The molecule has 1 unspecified atom stereocenters. The van der Waals surface area contributed by atoms with Crippen LogP contribution in [0.25, 0.3) is 0 Å². The molecule has 0 aliphatic carbocycles. The first kappa shape index (κ1) is 18.7. The lowest BCUT2D eigenvalue weighted by Gasteiger charge is -2.11. The van der Waals surface area contributed by atoms with Crippen molar-refractivity contribution in [1.29, 1.82) is 0 Å². The lowest BCUT2D eigenvalue weighted by molar-refractivity contribution is -0.117. The van der Waals surface area contributed by atoms with Crippen molar-refractivity contribution in [3.8, 4) is 0 Å². The Morgan fingerprint density at radius 1 is 0.931 bits per heavy atom. The molecule has 0 bridgehead atoms. The first-order chi connectivity index (χ1) is 14.1. The van der Waals surface area contributed by atoms with E-state index in [1.165, 1.54) is 7.11 Å². The summed E-state index contributed by atoms with van der Waals surface area (Å²) >= 11 is 0. The number of aromatic nitrogens is 1. The summed E-state index contributed by atoms with van der Waals surface area (Å²) in [7, 11) is 1.32. The number of ether oxygens (including phenoxy) is 1. The average molecular weight is 388 g/mol. The number of carbonyl (C=O) groups excluding carboxylic acids is 3. The summed E-state index contributed by atoms with van der Waals surface area (Å²) in [5, 5.41) is 2.89. The fraction of sp³-hybridized carbons (Fsp3) is 0.174. The summed E-state index contributed by atoms with van der Waals surface area (Å²) in [6.07, 6.45) is 0.636. The van der Waals surface area contributed by atoms with E-state index in [2.05, 4.69) is 10.1 Å². The number of nitrogens with one attached hydrogen (secondary N) is 1. The van der Waals surface area contributed by atoms with Crippen LogP contribution in [0.15, 0.2) is 66.7 Å². The molecule has 0 spiro atoms. The molecule has 29 heavy (non-hydrogen) atoms. The summed E-state index contributed by atoms with van der Waals surface area (Å²) in [4.78, 5) is 37.1. The van der Waals surface area contributed by atoms with Crippen LogP contribution in [0.1, 0.15) is 44.4 Å². The van der Waals surface area contributed by atoms with Gasteiger partial charge in [-0.05, 0) is 42.8 Å². The monoisotopic (exact) mass is 388 g/mol. The minimum atomic E-state index is -0.424. The van der Waals surface area contributed by atoms with E-state index in [4.69, 9.17) is 0 Å². The normalized spacial score (nSPS) is 14.9. The molecule has 0 saturated heterocycles. The SMILES string of the molecule is COC(=O)c1ccc(NC(=O)C2CCn3c(C(=O)c4ccccc4)ccc32)cc1. The summed E-state index contributed by atoms with van der Waals surface area (Å²) in [6.45, 7) is 0.621. The van der Waals surface area contributed by atoms with E-state index < -0.39 is 5.97 Å². The smallest absolute Gasteiger partial charge is 0.337 e. The van der Waals surface area contributed by atoms with Crippen molar-refractivity contribution < 1.29 is 19.1 Å². The molecule has 1 atom stereocenters. The van der Waals surface area contributed by atoms with E-state index >= 15 is 0 Å². The zero-order chi connectivity index (χ0) is 20.4. The van der Waals surface area contributed by atoms with E-state index in [0.29, 0.717) is 35.5 Å². The fourth-order valence-corrected chi connectivity index (χ4v) is 3.68. The first-order valence-corrected chi connectivity index (χ1v) is 9.37. The van der Waals surface area contributed by atoms with Gasteiger partial charge in [0.25, 0.3) is 0 Å². The third-order valence-corrected chi connectivity index (χ3v) is 5.17. The summed E-state index contributed by atoms with van der Waals surface area (Å²) < 4.78 is 6.61. The van der Waals surface area contributed by atoms with Crippen LogP contribution in [0.5, 0.6) is 0 Å². The molecule has 4 rings (SSSR count). The standard InChI is InChI=1S/C23H20N2O4/c1-29-23(28)16-7-9-17(10-8-16)24-22(27)18-13-14-25-19(18)11-12-20(25)21(26)15-5-3-2-4-6-15/h2-12,18H,13-14H2,1H3,(H,24,27). The molecule has 6 heteroatoms. The molecule has 1 aromatic heterocycles. The second-order valence-corrected chi connectivity index (χ2v) is 6.89. The number of nitrogens with zero attached hydrogens (tertiary/aromatic N) is 1. The van der Waals surface area contributed by atoms with Gasteiger partial charge in [-0.2, -0.15) is 0 Å². The zero-order valence-corrected chi connectivity index (χ0v) is 15.9. The summed E-state index contributed by atoms with van der Waals surface area (Å²) in [5.41, 5.74) is 3.10. The molecule has 3 aromatic rings. The number of amides is 1. The minimum Gasteiger partial charge on any atom is -0.465 e. The number of rotatable bonds is 5. The number of esters is 1. The van der Waals surface area contributed by atoms with Crippen LogP contribution in [-0.4, -0.2) is 29.3 Å². The van der Waals surface area contributed by atoms with Crippen LogP contribution >= 0.6 is 0 Å². The molecule has 0 saturated carbocycles. The Hall–Kier alpha value is -3.67. The number of benzene rings is 2. The molecule has 0 radical (unpaired) electrons. The maximum atomic E-state index is 12.8. The highest BCUT2D eigenvalue weighted by atomic mass is 16.5. The van der Waals surface area contributed by atoms with Crippen LogP contribution in [0.2, 0.25) is 0 Å². The Morgan fingerprint density at radius 3 is 2.34 bits per heavy atom. The Morgan fingerprint density at radius 2 is 1.66 bits per heavy atom. The van der Waals surface area contributed by atoms with Crippen LogP contribution < -0.4 is 5.32 Å². The minimum absolute atomic E-state index is 0.0451. The number of methoxy groups -OCH3 is 1. The average Bonchev–Trinajstić information content (AvgIpc) is 3.36. The van der Waals surface area contributed by atoms with E-state index in [9.17, 15) is 14.4 Å². The third-order valence-electron chi connectivity index (χ3n) is 5.17. The number of hydrogen-bond acceptors (Lipinski definition) is 4. The zero-order valence-electron chi connectivity index (χ0n) is 15.9. The molecular formula is C23H20N2O4. The largest absolute Gasteiger partial charge is 0.465 e. The highest BCUT2D eigenvalue weighted by Crippen LogP contribution is 2.32. The Kier molecular flexibility index (Phi) is 4.99. The molecule has 1 amide bonds. The van der Waals surface area contributed by atoms with Gasteiger partial charge >= 0.3 is 5.97 Å². The lowest BCUT2D eigenvalue weighted by atomic mass is 10.0. The number of carbonyl (C=O) groups is 3. The predicted octanol–water partition coefficient (Wildman–Crippen LogP) is 3.63. The van der Waals surface area contributed by atoms with Crippen molar-refractivity contribution in [1.82, 2.24) is 4.57 Å². The Labute approximate surface area is 168 Å². The molecule has 1 N–H and O–H groups in total. The van der Waals surface area contributed by atoms with Crippen molar-refractivity contribution in [3.63, 3.8) is 0 Å². The quantitative estimate of drug-likeness (QED) is 0.535. The van der Waals surface area contributed by atoms with E-state index in [-0.39, 0.29) is 17.6 Å². The molecular weight excluding hydrogens is 368 g/mol. The maximum Gasteiger partial charge on any atom is 0.337 e. The molecule has 2 aromatic carbocycles. The highest BCUT2D eigenvalue weighted by molar-refractivity contribution is 6.08. The van der Waals surface area contributed by atoms with Crippen molar-refractivity contribution >= 4 is 23.3 Å². The van der Waals surface area contributed by atoms with Crippen LogP contribution in [-0.2, 0) is 16.1 Å². The third kappa shape index (κ3) is 3.57. The summed E-state index contributed by atoms with van der Waals surface area (Å²) in [5.74, 6) is -0.928. The Bertz CT molecular complexity index is 1070. The number of ketones is 1. The second-order valence-electron chi connectivity index (χ2n) is 6.89. The molecule has 6 nitrogen and oxygen atoms in total. The molecule has 1 aliphatic rings. The van der Waals surface area contributed by atoms with E-state index in [0.717, 1.165) is 5.69 Å². The van der Waals surface area contributed by atoms with E-state index in [1.807, 2.05) is 28.8 Å². The van der Waals surface area contributed by atoms with E-state index in [1.54, 1.807) is 42.5 Å². The van der Waals surface area contributed by atoms with Crippen LogP contribution in [0.3, 0.4) is 0 Å². The number of anilines is 1.